The molecule has 2 aliphatic heterocycles. The Morgan fingerprint density at radius 3 is 2.45 bits per heavy atom. The summed E-state index contributed by atoms with van der Waals surface area (Å²) in [7, 11) is 0. The van der Waals surface area contributed by atoms with E-state index in [0.29, 0.717) is 35.4 Å². The van der Waals surface area contributed by atoms with Gasteiger partial charge in [0, 0.05) is 49.4 Å². The first-order chi connectivity index (χ1) is 21.4. The molecule has 6 rings (SSSR count). The van der Waals surface area contributed by atoms with Crippen molar-refractivity contribution in [2.75, 3.05) is 24.5 Å². The zero-order chi connectivity index (χ0) is 30.5. The Morgan fingerprint density at radius 2 is 1.66 bits per heavy atom. The maximum atomic E-state index is 13.4. The van der Waals surface area contributed by atoms with Crippen LogP contribution in [0.1, 0.15) is 53.8 Å². The second kappa shape index (κ2) is 13.5. The summed E-state index contributed by atoms with van der Waals surface area (Å²) in [6, 6.07) is 23.9. The molecule has 1 atom stereocenters. The minimum absolute atomic E-state index is 0.00757. The number of nitrogens with one attached hydrogen (secondary N) is 1. The van der Waals surface area contributed by atoms with Crippen molar-refractivity contribution in [3.8, 4) is 0 Å². The summed E-state index contributed by atoms with van der Waals surface area (Å²) in [4.78, 5) is 42.9. The van der Waals surface area contributed by atoms with Crippen LogP contribution in [0.3, 0.4) is 0 Å². The number of anilines is 1. The van der Waals surface area contributed by atoms with Crippen molar-refractivity contribution in [1.82, 2.24) is 10.2 Å². The van der Waals surface area contributed by atoms with Crippen LogP contribution in [0.15, 0.2) is 99.7 Å². The molecule has 2 amide bonds. The minimum Gasteiger partial charge on any atom is -0.451 e. The number of nitrogens with zero attached hydrogens (tertiary/aromatic N) is 2. The number of hydrogen-bond donors (Lipinski definition) is 1. The number of para-hydroxylation sites is 2. The van der Waals surface area contributed by atoms with Crippen molar-refractivity contribution in [2.45, 2.75) is 51.1 Å². The molecule has 2 fully saturated rings. The zero-order valence-corrected chi connectivity index (χ0v) is 25.4. The van der Waals surface area contributed by atoms with Crippen molar-refractivity contribution in [1.29, 1.82) is 0 Å². The van der Waals surface area contributed by atoms with Crippen LogP contribution in [-0.2, 0) is 17.8 Å². The lowest BCUT2D eigenvalue weighted by Gasteiger charge is -2.34. The fourth-order valence-electron chi connectivity index (χ4n) is 6.16. The maximum absolute atomic E-state index is 13.4. The molecule has 8 heteroatoms. The summed E-state index contributed by atoms with van der Waals surface area (Å²) in [5.74, 6) is -0.194. The SMILES string of the molecule is O=C(N[C@H](C=C1CCN(c2ccccc2CN2CCCCC2=O)CC1)Cc1ccc(Cl)cc1)c1cc(=O)c2ccccc2o1. The number of fused-ring (bicyclic) bond motifs is 1. The first kappa shape index (κ1) is 29.7. The number of carbonyl (C=O) groups is 2. The average molecular weight is 610 g/mol. The number of carbonyl (C=O) groups excluding carboxylic acids is 2. The Hall–Kier alpha value is -4.36. The summed E-state index contributed by atoms with van der Waals surface area (Å²) in [5, 5.41) is 4.20. The summed E-state index contributed by atoms with van der Waals surface area (Å²) < 4.78 is 5.82. The van der Waals surface area contributed by atoms with E-state index in [1.165, 1.54) is 22.9 Å². The zero-order valence-electron chi connectivity index (χ0n) is 24.6. The van der Waals surface area contributed by atoms with E-state index in [0.717, 1.165) is 50.9 Å². The van der Waals surface area contributed by atoms with E-state index in [4.69, 9.17) is 16.0 Å². The molecule has 0 aliphatic carbocycles. The normalized spacial score (nSPS) is 16.2. The highest BCUT2D eigenvalue weighted by molar-refractivity contribution is 6.30. The number of hydrogen-bond acceptors (Lipinski definition) is 5. The third-order valence-electron chi connectivity index (χ3n) is 8.50. The van der Waals surface area contributed by atoms with Crippen molar-refractivity contribution < 1.29 is 14.0 Å². The Kier molecular flexibility index (Phi) is 9.12. The highest BCUT2D eigenvalue weighted by Crippen LogP contribution is 2.28. The second-order valence-electron chi connectivity index (χ2n) is 11.6. The lowest BCUT2D eigenvalue weighted by molar-refractivity contribution is -0.133. The fraction of sp³-hybridized carbons (Fsp3) is 0.306. The molecule has 0 saturated carbocycles. The van der Waals surface area contributed by atoms with E-state index >= 15 is 0 Å². The first-order valence-corrected chi connectivity index (χ1v) is 15.7. The lowest BCUT2D eigenvalue weighted by atomic mass is 9.97. The molecule has 2 saturated heterocycles. The van der Waals surface area contributed by atoms with E-state index in [2.05, 4.69) is 34.5 Å². The molecule has 226 valence electrons. The van der Waals surface area contributed by atoms with Gasteiger partial charge in [-0.3, -0.25) is 14.4 Å². The Bertz CT molecular complexity index is 1740. The Labute approximate surface area is 262 Å². The van der Waals surface area contributed by atoms with Gasteiger partial charge < -0.3 is 19.5 Å². The van der Waals surface area contributed by atoms with Crippen molar-refractivity contribution in [3.05, 3.63) is 123 Å². The topological polar surface area (TPSA) is 82.9 Å². The highest BCUT2D eigenvalue weighted by Gasteiger charge is 2.23. The van der Waals surface area contributed by atoms with Gasteiger partial charge in [-0.1, -0.05) is 65.7 Å². The van der Waals surface area contributed by atoms with Crippen LogP contribution in [0.5, 0.6) is 0 Å². The highest BCUT2D eigenvalue weighted by atomic mass is 35.5. The van der Waals surface area contributed by atoms with Gasteiger partial charge >= 0.3 is 0 Å². The quantitative estimate of drug-likeness (QED) is 0.230. The van der Waals surface area contributed by atoms with Gasteiger partial charge in [-0.2, -0.15) is 0 Å². The Morgan fingerprint density at radius 1 is 0.909 bits per heavy atom. The van der Waals surface area contributed by atoms with Crippen LogP contribution in [0.2, 0.25) is 5.02 Å². The Balaban J connectivity index is 1.18. The van der Waals surface area contributed by atoms with Gasteiger partial charge in [0.1, 0.15) is 5.58 Å². The molecule has 3 heterocycles. The molecule has 3 aromatic carbocycles. The summed E-state index contributed by atoms with van der Waals surface area (Å²) in [5.41, 5.74) is 4.80. The standard InChI is InChI=1S/C36H36ClN3O4/c37-28-14-12-25(13-15-28)21-29(38-36(43)34-23-32(41)30-8-2-4-10-33(30)44-34)22-26-16-19-39(20-17-26)31-9-3-1-7-27(31)24-40-18-6-5-11-35(40)42/h1-4,7-10,12-15,22-23,29H,5-6,11,16-21,24H2,(H,38,43)/t29-/m0/s1. The average Bonchev–Trinajstić information content (AvgIpc) is 3.04. The lowest BCUT2D eigenvalue weighted by Crippen LogP contribution is -2.37. The van der Waals surface area contributed by atoms with E-state index in [1.807, 2.05) is 35.2 Å². The monoisotopic (exact) mass is 609 g/mol. The molecule has 0 bridgehead atoms. The number of likely N-dealkylation sites (tertiary alicyclic amines) is 1. The summed E-state index contributed by atoms with van der Waals surface area (Å²) in [6.45, 7) is 3.16. The number of piperidine rings is 2. The number of rotatable bonds is 8. The van der Waals surface area contributed by atoms with Gasteiger partial charge in [-0.25, -0.2) is 0 Å². The van der Waals surface area contributed by atoms with Crippen LogP contribution in [-0.4, -0.2) is 42.4 Å². The van der Waals surface area contributed by atoms with Crippen molar-refractivity contribution in [2.24, 2.45) is 0 Å². The molecule has 4 aromatic rings. The van der Waals surface area contributed by atoms with Gasteiger partial charge in [-0.15, -0.1) is 0 Å². The second-order valence-corrected chi connectivity index (χ2v) is 12.0. The van der Waals surface area contributed by atoms with Crippen LogP contribution in [0.25, 0.3) is 11.0 Å². The minimum atomic E-state index is -0.428. The molecule has 44 heavy (non-hydrogen) atoms. The first-order valence-electron chi connectivity index (χ1n) is 15.3. The van der Waals surface area contributed by atoms with E-state index in [-0.39, 0.29) is 23.1 Å². The van der Waals surface area contributed by atoms with Crippen molar-refractivity contribution >= 4 is 40.1 Å². The maximum Gasteiger partial charge on any atom is 0.287 e. The van der Waals surface area contributed by atoms with Crippen LogP contribution in [0, 0.1) is 0 Å². The van der Waals surface area contributed by atoms with Gasteiger partial charge in [0.05, 0.1) is 11.4 Å². The van der Waals surface area contributed by atoms with Crippen LogP contribution in [0.4, 0.5) is 5.69 Å². The smallest absolute Gasteiger partial charge is 0.287 e. The number of amides is 2. The van der Waals surface area contributed by atoms with Gasteiger partial charge in [0.15, 0.2) is 11.2 Å². The van der Waals surface area contributed by atoms with Gasteiger partial charge in [0.2, 0.25) is 5.91 Å². The molecular formula is C36H36ClN3O4. The van der Waals surface area contributed by atoms with Crippen molar-refractivity contribution in [3.63, 3.8) is 0 Å². The van der Waals surface area contributed by atoms with Crippen LogP contribution < -0.4 is 15.6 Å². The third-order valence-corrected chi connectivity index (χ3v) is 8.75. The fourth-order valence-corrected chi connectivity index (χ4v) is 6.28. The molecule has 1 aromatic heterocycles. The van der Waals surface area contributed by atoms with Crippen LogP contribution >= 0.6 is 11.6 Å². The van der Waals surface area contributed by atoms with Gasteiger partial charge in [-0.05, 0) is 73.6 Å². The largest absolute Gasteiger partial charge is 0.451 e. The molecule has 2 aliphatic rings. The summed E-state index contributed by atoms with van der Waals surface area (Å²) >= 11 is 6.12. The van der Waals surface area contributed by atoms with Gasteiger partial charge in [0.25, 0.3) is 5.91 Å². The van der Waals surface area contributed by atoms with E-state index < -0.39 is 5.91 Å². The summed E-state index contributed by atoms with van der Waals surface area (Å²) in [6.07, 6.45) is 7.12. The molecule has 0 spiro atoms. The molecule has 0 unspecified atom stereocenters. The third kappa shape index (κ3) is 7.05. The predicted octanol–water partition coefficient (Wildman–Crippen LogP) is 6.53. The molecule has 7 nitrogen and oxygen atoms in total. The molecule has 0 radical (unpaired) electrons. The molecule has 1 N–H and O–H groups in total. The number of halogens is 1. The van der Waals surface area contributed by atoms with E-state index in [9.17, 15) is 14.4 Å². The van der Waals surface area contributed by atoms with E-state index in [1.54, 1.807) is 24.3 Å². The predicted molar refractivity (Wildman–Crippen MR) is 174 cm³/mol. The number of benzene rings is 3. The molecular weight excluding hydrogens is 574 g/mol.